The molecule has 1 amide bonds. The predicted molar refractivity (Wildman–Crippen MR) is 168 cm³/mol. The normalized spacial score (nSPS) is 11.4. The van der Waals surface area contributed by atoms with Gasteiger partial charge in [-0.3, -0.25) is 4.79 Å². The highest BCUT2D eigenvalue weighted by atomic mass is 32.2. The van der Waals surface area contributed by atoms with Gasteiger partial charge in [0.1, 0.15) is 5.65 Å². The van der Waals surface area contributed by atoms with E-state index in [0.717, 1.165) is 50.6 Å². The minimum atomic E-state index is -4.10. The first kappa shape index (κ1) is 29.7. The standard InChI is InChI=1S/C34H33N3O5S/c1-4-11-27-21-30-24(3)20-31(34(39)42-5-2)35-33(30)36(27)22-25-16-18-26(19-17-25)29-14-9-10-15-32(29)37(23-38)43(40,41)28-12-7-6-8-13-28/h6-10,12-21,23H,4-5,11,22H2,1-3H3. The number of ether oxygens (including phenoxy) is 1. The van der Waals surface area contributed by atoms with E-state index in [2.05, 4.69) is 17.6 Å². The number of para-hydroxylation sites is 1. The van der Waals surface area contributed by atoms with Crippen molar-refractivity contribution in [1.82, 2.24) is 9.55 Å². The molecule has 0 fully saturated rings. The van der Waals surface area contributed by atoms with E-state index in [4.69, 9.17) is 9.72 Å². The molecule has 5 rings (SSSR count). The molecule has 0 unspecified atom stereocenters. The van der Waals surface area contributed by atoms with Crippen LogP contribution in [0.25, 0.3) is 22.2 Å². The predicted octanol–water partition coefficient (Wildman–Crippen LogP) is 6.54. The van der Waals surface area contributed by atoms with Crippen LogP contribution < -0.4 is 4.31 Å². The zero-order valence-electron chi connectivity index (χ0n) is 24.4. The summed E-state index contributed by atoms with van der Waals surface area (Å²) in [6.07, 6.45) is 2.14. The average Bonchev–Trinajstić information content (AvgIpc) is 3.36. The SMILES string of the molecule is CCCc1cc2c(C)cc(C(=O)OCC)nc2n1Cc1ccc(-c2ccccc2N(C=O)S(=O)(=O)c2ccccc2)cc1. The van der Waals surface area contributed by atoms with Gasteiger partial charge in [0, 0.05) is 23.2 Å². The molecule has 220 valence electrons. The number of amides is 1. The maximum absolute atomic E-state index is 13.4. The fraction of sp³-hybridized carbons (Fsp3) is 0.206. The molecule has 0 aliphatic heterocycles. The van der Waals surface area contributed by atoms with Gasteiger partial charge in [-0.05, 0) is 67.3 Å². The number of carbonyl (C=O) groups excluding carboxylic acids is 2. The Balaban J connectivity index is 1.51. The summed E-state index contributed by atoms with van der Waals surface area (Å²) in [6, 6.07) is 26.5. The number of rotatable bonds is 11. The maximum atomic E-state index is 13.4. The first-order valence-corrected chi connectivity index (χ1v) is 15.6. The number of aromatic nitrogens is 2. The molecule has 0 bridgehead atoms. The monoisotopic (exact) mass is 595 g/mol. The van der Waals surface area contributed by atoms with Gasteiger partial charge < -0.3 is 9.30 Å². The van der Waals surface area contributed by atoms with Gasteiger partial charge in [0.2, 0.25) is 6.41 Å². The Bertz CT molecular complexity index is 1880. The molecule has 8 nitrogen and oxygen atoms in total. The van der Waals surface area contributed by atoms with Gasteiger partial charge in [0.25, 0.3) is 10.0 Å². The Labute approximate surface area is 251 Å². The van der Waals surface area contributed by atoms with Crippen LogP contribution in [0.2, 0.25) is 0 Å². The van der Waals surface area contributed by atoms with Crippen LogP contribution in [0, 0.1) is 6.92 Å². The van der Waals surface area contributed by atoms with Gasteiger partial charge in [0.05, 0.1) is 17.2 Å². The third-order valence-corrected chi connectivity index (χ3v) is 8.96. The first-order valence-electron chi connectivity index (χ1n) is 14.2. The zero-order chi connectivity index (χ0) is 30.6. The summed E-state index contributed by atoms with van der Waals surface area (Å²) in [5, 5.41) is 0.996. The van der Waals surface area contributed by atoms with E-state index in [-0.39, 0.29) is 22.9 Å². The maximum Gasteiger partial charge on any atom is 0.357 e. The lowest BCUT2D eigenvalue weighted by Crippen LogP contribution is -2.30. The van der Waals surface area contributed by atoms with Gasteiger partial charge in [-0.15, -0.1) is 0 Å². The Kier molecular flexibility index (Phi) is 8.73. The van der Waals surface area contributed by atoms with Crippen LogP contribution in [-0.4, -0.2) is 37.0 Å². The summed E-state index contributed by atoms with van der Waals surface area (Å²) >= 11 is 0. The second-order valence-corrected chi connectivity index (χ2v) is 12.0. The van der Waals surface area contributed by atoms with Gasteiger partial charge in [-0.1, -0.05) is 74.0 Å². The largest absolute Gasteiger partial charge is 0.461 e. The van der Waals surface area contributed by atoms with Crippen LogP contribution in [0.3, 0.4) is 0 Å². The van der Waals surface area contributed by atoms with Gasteiger partial charge in [-0.2, -0.15) is 0 Å². The number of hydrogen-bond acceptors (Lipinski definition) is 6. The molecule has 43 heavy (non-hydrogen) atoms. The number of nitrogens with zero attached hydrogens (tertiary/aromatic N) is 3. The summed E-state index contributed by atoms with van der Waals surface area (Å²) in [4.78, 5) is 29.4. The molecule has 0 N–H and O–H groups in total. The highest BCUT2D eigenvalue weighted by Gasteiger charge is 2.26. The topological polar surface area (TPSA) is 98.6 Å². The summed E-state index contributed by atoms with van der Waals surface area (Å²) < 4.78 is 34.8. The quantitative estimate of drug-likeness (QED) is 0.127. The van der Waals surface area contributed by atoms with Crippen molar-refractivity contribution in [3.8, 4) is 11.1 Å². The van der Waals surface area contributed by atoms with Crippen molar-refractivity contribution < 1.29 is 22.7 Å². The van der Waals surface area contributed by atoms with E-state index in [0.29, 0.717) is 18.5 Å². The minimum absolute atomic E-state index is 0.0315. The first-order chi connectivity index (χ1) is 20.8. The number of esters is 1. The second kappa shape index (κ2) is 12.6. The lowest BCUT2D eigenvalue weighted by Gasteiger charge is -2.21. The van der Waals surface area contributed by atoms with Crippen LogP contribution in [0.4, 0.5) is 5.69 Å². The van der Waals surface area contributed by atoms with E-state index < -0.39 is 16.0 Å². The summed E-state index contributed by atoms with van der Waals surface area (Å²) in [5.41, 5.74) is 5.73. The van der Waals surface area contributed by atoms with E-state index in [1.807, 2.05) is 37.3 Å². The molecule has 0 saturated heterocycles. The molecule has 9 heteroatoms. The number of hydrogen-bond donors (Lipinski definition) is 0. The Morgan fingerprint density at radius 3 is 2.33 bits per heavy atom. The Morgan fingerprint density at radius 2 is 1.65 bits per heavy atom. The molecule has 2 aromatic heterocycles. The number of sulfonamides is 1. The molecule has 2 heterocycles. The van der Waals surface area contributed by atoms with Crippen molar-refractivity contribution in [2.45, 2.75) is 45.1 Å². The summed E-state index contributed by atoms with van der Waals surface area (Å²) in [5.74, 6) is -0.445. The lowest BCUT2D eigenvalue weighted by molar-refractivity contribution is -0.106. The highest BCUT2D eigenvalue weighted by Crippen LogP contribution is 2.34. The number of benzene rings is 3. The molecule has 0 radical (unpaired) electrons. The highest BCUT2D eigenvalue weighted by molar-refractivity contribution is 7.93. The van der Waals surface area contributed by atoms with Crippen molar-refractivity contribution in [2.75, 3.05) is 10.9 Å². The Hall–Kier alpha value is -4.76. The van der Waals surface area contributed by atoms with Crippen molar-refractivity contribution in [2.24, 2.45) is 0 Å². The van der Waals surface area contributed by atoms with E-state index >= 15 is 0 Å². The van der Waals surface area contributed by atoms with Crippen molar-refractivity contribution >= 4 is 39.1 Å². The summed E-state index contributed by atoms with van der Waals surface area (Å²) in [7, 11) is -4.10. The fourth-order valence-corrected chi connectivity index (χ4v) is 6.47. The second-order valence-electron chi connectivity index (χ2n) is 10.2. The van der Waals surface area contributed by atoms with E-state index in [9.17, 15) is 18.0 Å². The van der Waals surface area contributed by atoms with Gasteiger partial charge >= 0.3 is 5.97 Å². The smallest absolute Gasteiger partial charge is 0.357 e. The molecule has 0 spiro atoms. The number of carbonyl (C=O) groups is 2. The third-order valence-electron chi connectivity index (χ3n) is 7.29. The Morgan fingerprint density at radius 1 is 0.953 bits per heavy atom. The molecule has 0 saturated carbocycles. The molecule has 0 aliphatic rings. The van der Waals surface area contributed by atoms with E-state index in [1.165, 1.54) is 12.1 Å². The zero-order valence-corrected chi connectivity index (χ0v) is 25.2. The molecule has 5 aromatic rings. The van der Waals surface area contributed by atoms with Crippen molar-refractivity contribution in [1.29, 1.82) is 0 Å². The number of pyridine rings is 1. The molecule has 3 aromatic carbocycles. The fourth-order valence-electron chi connectivity index (χ4n) is 5.21. The molecular weight excluding hydrogens is 562 g/mol. The van der Waals surface area contributed by atoms with Gasteiger partial charge in [-0.25, -0.2) is 22.5 Å². The van der Waals surface area contributed by atoms with Crippen LogP contribution >= 0.6 is 0 Å². The van der Waals surface area contributed by atoms with Crippen LogP contribution in [0.5, 0.6) is 0 Å². The average molecular weight is 596 g/mol. The minimum Gasteiger partial charge on any atom is -0.461 e. The lowest BCUT2D eigenvalue weighted by atomic mass is 10.0. The van der Waals surface area contributed by atoms with Crippen LogP contribution in [-0.2, 0) is 32.5 Å². The van der Waals surface area contributed by atoms with Crippen molar-refractivity contribution in [3.05, 3.63) is 114 Å². The van der Waals surface area contributed by atoms with E-state index in [1.54, 1.807) is 49.4 Å². The molecule has 0 atom stereocenters. The van der Waals surface area contributed by atoms with Crippen LogP contribution in [0.15, 0.2) is 95.9 Å². The number of fused-ring (bicyclic) bond motifs is 1. The number of aryl methyl sites for hydroxylation is 2. The summed E-state index contributed by atoms with van der Waals surface area (Å²) in [6.45, 7) is 6.67. The third kappa shape index (κ3) is 5.94. The van der Waals surface area contributed by atoms with Crippen LogP contribution in [0.1, 0.15) is 47.6 Å². The molecular formula is C34H33N3O5S. The van der Waals surface area contributed by atoms with Gasteiger partial charge in [0.15, 0.2) is 5.69 Å². The van der Waals surface area contributed by atoms with Crippen molar-refractivity contribution in [3.63, 3.8) is 0 Å². The molecule has 0 aliphatic carbocycles. The number of anilines is 1.